The molecule has 1 atom stereocenters. The molecule has 2 aromatic rings. The molecule has 1 fully saturated rings. The first-order valence-corrected chi connectivity index (χ1v) is 8.33. The number of imidazole rings is 1. The van der Waals surface area contributed by atoms with E-state index in [-0.39, 0.29) is 5.91 Å². The fourth-order valence-corrected chi connectivity index (χ4v) is 3.10. The molecule has 128 valence electrons. The minimum absolute atomic E-state index is 0.0724. The minimum atomic E-state index is -0.539. The van der Waals surface area contributed by atoms with Crippen molar-refractivity contribution in [2.45, 2.75) is 26.0 Å². The van der Waals surface area contributed by atoms with Crippen molar-refractivity contribution in [2.24, 2.45) is 0 Å². The van der Waals surface area contributed by atoms with Crippen molar-refractivity contribution in [1.82, 2.24) is 19.8 Å². The smallest absolute Gasteiger partial charge is 0.227 e. The standard InChI is InChI=1S/C18H24N4O2/c1-14-4-2-3-5-15(14)10-18(24)22-9-8-21(11-16(23)12-22)13-17-19-6-7-20-17/h2-7,16,23H,8-13H2,1H3,(H,19,20). The first-order chi connectivity index (χ1) is 11.6. The Morgan fingerprint density at radius 2 is 2.17 bits per heavy atom. The number of amides is 1. The molecular weight excluding hydrogens is 304 g/mol. The van der Waals surface area contributed by atoms with Gasteiger partial charge in [0.2, 0.25) is 5.91 Å². The van der Waals surface area contributed by atoms with Crippen molar-refractivity contribution >= 4 is 5.91 Å². The Balaban J connectivity index is 1.60. The van der Waals surface area contributed by atoms with Crippen molar-refractivity contribution in [3.63, 3.8) is 0 Å². The highest BCUT2D eigenvalue weighted by Crippen LogP contribution is 2.12. The van der Waals surface area contributed by atoms with Gasteiger partial charge in [-0.3, -0.25) is 9.69 Å². The van der Waals surface area contributed by atoms with Crippen LogP contribution in [0.1, 0.15) is 17.0 Å². The summed E-state index contributed by atoms with van der Waals surface area (Å²) in [5.41, 5.74) is 2.18. The van der Waals surface area contributed by atoms with Crippen LogP contribution in [-0.2, 0) is 17.8 Å². The van der Waals surface area contributed by atoms with Gasteiger partial charge in [0.1, 0.15) is 5.82 Å². The summed E-state index contributed by atoms with van der Waals surface area (Å²) in [5.74, 6) is 0.949. The van der Waals surface area contributed by atoms with E-state index in [1.54, 1.807) is 17.3 Å². The van der Waals surface area contributed by atoms with Crippen LogP contribution in [0.25, 0.3) is 0 Å². The SMILES string of the molecule is Cc1ccccc1CC(=O)N1CCN(Cc2ncc[nH]2)CC(O)C1. The second-order valence-electron chi connectivity index (χ2n) is 6.37. The number of nitrogens with zero attached hydrogens (tertiary/aromatic N) is 3. The average molecular weight is 328 g/mol. The number of aromatic nitrogens is 2. The molecule has 1 saturated heterocycles. The van der Waals surface area contributed by atoms with Crippen molar-refractivity contribution in [1.29, 1.82) is 0 Å². The van der Waals surface area contributed by atoms with Crippen LogP contribution in [0.4, 0.5) is 0 Å². The van der Waals surface area contributed by atoms with Crippen molar-refractivity contribution in [2.75, 3.05) is 26.2 Å². The maximum atomic E-state index is 12.6. The van der Waals surface area contributed by atoms with Crippen LogP contribution >= 0.6 is 0 Å². The fraction of sp³-hybridized carbons (Fsp3) is 0.444. The average Bonchev–Trinajstić information content (AvgIpc) is 2.98. The van der Waals surface area contributed by atoms with E-state index in [9.17, 15) is 9.90 Å². The van der Waals surface area contributed by atoms with Crippen LogP contribution in [0, 0.1) is 6.92 Å². The summed E-state index contributed by atoms with van der Waals surface area (Å²) in [7, 11) is 0. The molecule has 0 aliphatic carbocycles. The molecule has 0 radical (unpaired) electrons. The van der Waals surface area contributed by atoms with E-state index < -0.39 is 6.10 Å². The second kappa shape index (κ2) is 7.59. The molecule has 1 aliphatic heterocycles. The van der Waals surface area contributed by atoms with Crippen LogP contribution in [-0.4, -0.2) is 63.1 Å². The van der Waals surface area contributed by atoms with E-state index in [1.807, 2.05) is 31.2 Å². The summed E-state index contributed by atoms with van der Waals surface area (Å²) in [6.07, 6.45) is 3.36. The highest BCUT2D eigenvalue weighted by Gasteiger charge is 2.25. The summed E-state index contributed by atoms with van der Waals surface area (Å²) in [6, 6.07) is 7.94. The zero-order valence-corrected chi connectivity index (χ0v) is 14.0. The lowest BCUT2D eigenvalue weighted by Gasteiger charge is -2.22. The number of hydrogen-bond acceptors (Lipinski definition) is 4. The minimum Gasteiger partial charge on any atom is -0.390 e. The van der Waals surface area contributed by atoms with E-state index in [0.29, 0.717) is 32.6 Å². The number of benzene rings is 1. The zero-order valence-electron chi connectivity index (χ0n) is 14.0. The normalized spacial score (nSPS) is 19.2. The lowest BCUT2D eigenvalue weighted by molar-refractivity contribution is -0.131. The predicted octanol–water partition coefficient (Wildman–Crippen LogP) is 0.966. The maximum absolute atomic E-state index is 12.6. The second-order valence-corrected chi connectivity index (χ2v) is 6.37. The predicted molar refractivity (Wildman–Crippen MR) is 91.3 cm³/mol. The number of H-pyrrole nitrogens is 1. The molecule has 1 aromatic carbocycles. The molecule has 6 heteroatoms. The maximum Gasteiger partial charge on any atom is 0.227 e. The number of carbonyl (C=O) groups is 1. The molecule has 1 unspecified atom stereocenters. The molecule has 3 rings (SSSR count). The lowest BCUT2D eigenvalue weighted by Crippen LogP contribution is -2.38. The first kappa shape index (κ1) is 16.7. The van der Waals surface area contributed by atoms with Crippen molar-refractivity contribution < 1.29 is 9.90 Å². The number of rotatable bonds is 4. The third-order valence-corrected chi connectivity index (χ3v) is 4.47. The summed E-state index contributed by atoms with van der Waals surface area (Å²) in [4.78, 5) is 23.8. The largest absolute Gasteiger partial charge is 0.390 e. The molecule has 1 aromatic heterocycles. The lowest BCUT2D eigenvalue weighted by atomic mass is 10.1. The van der Waals surface area contributed by atoms with Crippen molar-refractivity contribution in [3.8, 4) is 0 Å². The van der Waals surface area contributed by atoms with Gasteiger partial charge in [0.15, 0.2) is 0 Å². The fourth-order valence-electron chi connectivity index (χ4n) is 3.10. The molecule has 0 bridgehead atoms. The van der Waals surface area contributed by atoms with E-state index in [4.69, 9.17) is 0 Å². The van der Waals surface area contributed by atoms with Crippen LogP contribution < -0.4 is 0 Å². The van der Waals surface area contributed by atoms with Crippen LogP contribution in [0.15, 0.2) is 36.7 Å². The van der Waals surface area contributed by atoms with Gasteiger partial charge in [-0.25, -0.2) is 4.98 Å². The molecule has 2 N–H and O–H groups in total. The van der Waals surface area contributed by atoms with Gasteiger partial charge in [-0.15, -0.1) is 0 Å². The number of aromatic amines is 1. The van der Waals surface area contributed by atoms with Gasteiger partial charge >= 0.3 is 0 Å². The van der Waals surface area contributed by atoms with Gasteiger partial charge in [-0.05, 0) is 18.1 Å². The van der Waals surface area contributed by atoms with Gasteiger partial charge in [0, 0.05) is 38.6 Å². The molecule has 6 nitrogen and oxygen atoms in total. The number of aryl methyl sites for hydroxylation is 1. The summed E-state index contributed by atoms with van der Waals surface area (Å²) in [6.45, 7) is 4.98. The molecule has 0 saturated carbocycles. The molecule has 2 heterocycles. The number of hydrogen-bond donors (Lipinski definition) is 2. The van der Waals surface area contributed by atoms with Crippen molar-refractivity contribution in [3.05, 3.63) is 53.6 Å². The van der Waals surface area contributed by atoms with Gasteiger partial charge in [-0.2, -0.15) is 0 Å². The number of β-amino-alcohol motifs (C(OH)–C–C–N with tert-alkyl or cyclic N) is 1. The van der Waals surface area contributed by atoms with E-state index >= 15 is 0 Å². The summed E-state index contributed by atoms with van der Waals surface area (Å²) >= 11 is 0. The Labute approximate surface area is 142 Å². The summed E-state index contributed by atoms with van der Waals surface area (Å²) in [5, 5.41) is 10.3. The summed E-state index contributed by atoms with van der Waals surface area (Å²) < 4.78 is 0. The highest BCUT2D eigenvalue weighted by molar-refractivity contribution is 5.79. The molecular formula is C18H24N4O2. The van der Waals surface area contributed by atoms with Gasteiger partial charge < -0.3 is 15.0 Å². The van der Waals surface area contributed by atoms with Gasteiger partial charge in [0.25, 0.3) is 0 Å². The Morgan fingerprint density at radius 3 is 2.92 bits per heavy atom. The zero-order chi connectivity index (χ0) is 16.9. The monoisotopic (exact) mass is 328 g/mol. The Hall–Kier alpha value is -2.18. The van der Waals surface area contributed by atoms with E-state index in [0.717, 1.165) is 23.5 Å². The van der Waals surface area contributed by atoms with Gasteiger partial charge in [-0.1, -0.05) is 24.3 Å². The number of aliphatic hydroxyl groups excluding tert-OH is 1. The van der Waals surface area contributed by atoms with Gasteiger partial charge in [0.05, 0.1) is 19.1 Å². The highest BCUT2D eigenvalue weighted by atomic mass is 16.3. The number of carbonyl (C=O) groups excluding carboxylic acids is 1. The van der Waals surface area contributed by atoms with E-state index in [1.165, 1.54) is 0 Å². The Kier molecular flexibility index (Phi) is 5.27. The van der Waals surface area contributed by atoms with Crippen LogP contribution in [0.2, 0.25) is 0 Å². The number of nitrogens with one attached hydrogen (secondary N) is 1. The quantitative estimate of drug-likeness (QED) is 0.877. The Morgan fingerprint density at radius 1 is 1.33 bits per heavy atom. The topological polar surface area (TPSA) is 72.5 Å². The van der Waals surface area contributed by atoms with Crippen LogP contribution in [0.3, 0.4) is 0 Å². The first-order valence-electron chi connectivity index (χ1n) is 8.33. The van der Waals surface area contributed by atoms with E-state index in [2.05, 4.69) is 14.9 Å². The molecule has 24 heavy (non-hydrogen) atoms. The van der Waals surface area contributed by atoms with Crippen LogP contribution in [0.5, 0.6) is 0 Å². The molecule has 1 amide bonds. The number of aliphatic hydroxyl groups is 1. The third kappa shape index (κ3) is 4.21. The molecule has 0 spiro atoms. The Bertz CT molecular complexity index is 671. The third-order valence-electron chi connectivity index (χ3n) is 4.47. The molecule has 1 aliphatic rings.